The molecule has 1 aliphatic heterocycles. The van der Waals surface area contributed by atoms with Crippen molar-refractivity contribution in [1.29, 1.82) is 0 Å². The Bertz CT molecular complexity index is 1010. The summed E-state index contributed by atoms with van der Waals surface area (Å²) >= 11 is 0. The number of nitrogens with zero attached hydrogens (tertiary/aromatic N) is 4. The summed E-state index contributed by atoms with van der Waals surface area (Å²) in [6.07, 6.45) is 8.43. The van der Waals surface area contributed by atoms with Gasteiger partial charge in [0.25, 0.3) is 5.91 Å². The van der Waals surface area contributed by atoms with Gasteiger partial charge in [0.1, 0.15) is 5.82 Å². The van der Waals surface area contributed by atoms with E-state index < -0.39 is 0 Å². The van der Waals surface area contributed by atoms with Crippen LogP contribution in [0.4, 0.5) is 5.82 Å². The highest BCUT2D eigenvalue weighted by Gasteiger charge is 2.28. The van der Waals surface area contributed by atoms with Crippen LogP contribution >= 0.6 is 0 Å². The Morgan fingerprint density at radius 2 is 1.87 bits per heavy atom. The van der Waals surface area contributed by atoms with E-state index in [1.54, 1.807) is 18.7 Å². The van der Waals surface area contributed by atoms with E-state index in [1.807, 2.05) is 59.0 Å². The first-order chi connectivity index (χ1) is 14.6. The Kier molecular flexibility index (Phi) is 5.88. The molecule has 0 atom stereocenters. The number of amides is 2. The van der Waals surface area contributed by atoms with Gasteiger partial charge >= 0.3 is 0 Å². The molecule has 2 amide bonds. The second-order valence-electron chi connectivity index (χ2n) is 7.71. The second kappa shape index (κ2) is 8.90. The van der Waals surface area contributed by atoms with Crippen LogP contribution in [-0.4, -0.2) is 44.3 Å². The lowest BCUT2D eigenvalue weighted by Gasteiger charge is -2.31. The Hall–Kier alpha value is -3.48. The molecule has 1 fully saturated rings. The van der Waals surface area contributed by atoms with E-state index in [-0.39, 0.29) is 17.7 Å². The Morgan fingerprint density at radius 1 is 1.10 bits per heavy atom. The Labute approximate surface area is 175 Å². The Balaban J connectivity index is 1.30. The molecule has 0 spiro atoms. The van der Waals surface area contributed by atoms with Crippen molar-refractivity contribution in [2.75, 3.05) is 18.4 Å². The molecule has 3 aromatic rings. The predicted octanol–water partition coefficient (Wildman–Crippen LogP) is 3.13. The van der Waals surface area contributed by atoms with Gasteiger partial charge in [-0.1, -0.05) is 12.1 Å². The molecule has 0 saturated carbocycles. The maximum Gasteiger partial charge on any atom is 0.253 e. The van der Waals surface area contributed by atoms with Gasteiger partial charge in [0, 0.05) is 49.7 Å². The van der Waals surface area contributed by atoms with Gasteiger partial charge in [-0.2, -0.15) is 0 Å². The predicted molar refractivity (Wildman–Crippen MR) is 114 cm³/mol. The first kappa shape index (κ1) is 19.8. The van der Waals surface area contributed by atoms with Gasteiger partial charge in [-0.25, -0.2) is 9.97 Å². The minimum absolute atomic E-state index is 0.0170. The summed E-state index contributed by atoms with van der Waals surface area (Å²) in [4.78, 5) is 35.4. The van der Waals surface area contributed by atoms with Crippen LogP contribution < -0.4 is 5.32 Å². The molecule has 0 radical (unpaired) electrons. The highest BCUT2D eigenvalue weighted by molar-refractivity contribution is 5.95. The minimum atomic E-state index is -0.103. The van der Waals surface area contributed by atoms with E-state index in [0.29, 0.717) is 37.3 Å². The highest BCUT2D eigenvalue weighted by atomic mass is 16.2. The van der Waals surface area contributed by atoms with Gasteiger partial charge in [0.15, 0.2) is 0 Å². The largest absolute Gasteiger partial charge is 0.339 e. The van der Waals surface area contributed by atoms with Crippen LogP contribution in [0.2, 0.25) is 0 Å². The lowest BCUT2D eigenvalue weighted by atomic mass is 9.95. The fourth-order valence-corrected chi connectivity index (χ4v) is 3.70. The molecule has 0 bridgehead atoms. The average molecular weight is 403 g/mol. The van der Waals surface area contributed by atoms with Crippen molar-refractivity contribution < 1.29 is 9.59 Å². The van der Waals surface area contributed by atoms with Crippen molar-refractivity contribution in [2.24, 2.45) is 5.92 Å². The molecule has 7 nitrogen and oxygen atoms in total. The molecule has 1 aromatic carbocycles. The number of imidazole rings is 1. The summed E-state index contributed by atoms with van der Waals surface area (Å²) in [5.41, 5.74) is 2.85. The number of piperidine rings is 1. The molecular formula is C23H25N5O2. The number of carbonyl (C=O) groups is 2. The van der Waals surface area contributed by atoms with E-state index in [0.717, 1.165) is 17.7 Å². The maximum atomic E-state index is 12.8. The summed E-state index contributed by atoms with van der Waals surface area (Å²) < 4.78 is 1.99. The zero-order valence-electron chi connectivity index (χ0n) is 17.0. The molecular weight excluding hydrogens is 378 g/mol. The third-order valence-electron chi connectivity index (χ3n) is 5.44. The topological polar surface area (TPSA) is 80.1 Å². The van der Waals surface area contributed by atoms with Crippen LogP contribution in [0.5, 0.6) is 0 Å². The number of benzene rings is 1. The normalized spacial score (nSPS) is 14.5. The number of likely N-dealkylation sites (tertiary alicyclic amines) is 1. The zero-order valence-corrected chi connectivity index (χ0v) is 17.0. The number of hydrogen-bond acceptors (Lipinski definition) is 4. The summed E-state index contributed by atoms with van der Waals surface area (Å²) in [6, 6.07) is 11.4. The number of aromatic nitrogens is 3. The maximum absolute atomic E-state index is 12.8. The quantitative estimate of drug-likeness (QED) is 0.710. The molecule has 154 valence electrons. The molecule has 2 aromatic heterocycles. The minimum Gasteiger partial charge on any atom is -0.339 e. The van der Waals surface area contributed by atoms with Crippen molar-refractivity contribution in [3.05, 3.63) is 78.0 Å². The van der Waals surface area contributed by atoms with Crippen molar-refractivity contribution in [2.45, 2.75) is 26.3 Å². The fourth-order valence-electron chi connectivity index (χ4n) is 3.70. The van der Waals surface area contributed by atoms with E-state index in [4.69, 9.17) is 0 Å². The summed E-state index contributed by atoms with van der Waals surface area (Å²) in [6.45, 7) is 3.85. The van der Waals surface area contributed by atoms with Gasteiger partial charge < -0.3 is 14.8 Å². The lowest BCUT2D eigenvalue weighted by Crippen LogP contribution is -2.41. The van der Waals surface area contributed by atoms with Gasteiger partial charge in [0.05, 0.1) is 6.33 Å². The number of anilines is 1. The first-order valence-corrected chi connectivity index (χ1v) is 10.2. The number of hydrogen-bond donors (Lipinski definition) is 1. The van der Waals surface area contributed by atoms with E-state index in [9.17, 15) is 9.59 Å². The third-order valence-corrected chi connectivity index (χ3v) is 5.44. The van der Waals surface area contributed by atoms with Crippen molar-refractivity contribution >= 4 is 17.6 Å². The van der Waals surface area contributed by atoms with Gasteiger partial charge in [0.2, 0.25) is 5.91 Å². The molecule has 3 heterocycles. The summed E-state index contributed by atoms with van der Waals surface area (Å²) in [5.74, 6) is 0.468. The molecule has 1 saturated heterocycles. The van der Waals surface area contributed by atoms with E-state index in [1.165, 1.54) is 0 Å². The summed E-state index contributed by atoms with van der Waals surface area (Å²) in [5, 5.41) is 2.89. The third kappa shape index (κ3) is 4.74. The number of pyridine rings is 1. The van der Waals surface area contributed by atoms with Crippen LogP contribution in [0.3, 0.4) is 0 Å². The average Bonchev–Trinajstić information content (AvgIpc) is 3.27. The standard InChI is InChI=1S/C23H25N5O2/c1-17-6-9-25-21(14-17)26-22(29)19-7-11-28(12-8-19)23(30)20-4-2-18(3-5-20)15-27-13-10-24-16-27/h2-6,9-10,13-14,16,19H,7-8,11-12,15H2,1H3,(H,25,26,29). The fraction of sp³-hybridized carbons (Fsp3) is 0.304. The van der Waals surface area contributed by atoms with E-state index in [2.05, 4.69) is 15.3 Å². The van der Waals surface area contributed by atoms with Gasteiger partial charge in [-0.05, 0) is 55.2 Å². The number of carbonyl (C=O) groups excluding carboxylic acids is 2. The Morgan fingerprint density at radius 3 is 2.53 bits per heavy atom. The molecule has 4 rings (SSSR count). The van der Waals surface area contributed by atoms with Gasteiger partial charge in [-0.3, -0.25) is 9.59 Å². The van der Waals surface area contributed by atoms with Crippen LogP contribution in [0.15, 0.2) is 61.3 Å². The van der Waals surface area contributed by atoms with Gasteiger partial charge in [-0.15, -0.1) is 0 Å². The molecule has 0 aliphatic carbocycles. The summed E-state index contributed by atoms with van der Waals surface area (Å²) in [7, 11) is 0. The first-order valence-electron chi connectivity index (χ1n) is 10.2. The zero-order chi connectivity index (χ0) is 20.9. The monoisotopic (exact) mass is 403 g/mol. The molecule has 1 aliphatic rings. The molecule has 30 heavy (non-hydrogen) atoms. The lowest BCUT2D eigenvalue weighted by molar-refractivity contribution is -0.121. The SMILES string of the molecule is Cc1ccnc(NC(=O)C2CCN(C(=O)c3ccc(Cn4ccnc4)cc3)CC2)c1. The highest BCUT2D eigenvalue weighted by Crippen LogP contribution is 2.21. The number of nitrogens with one attached hydrogen (secondary N) is 1. The molecule has 7 heteroatoms. The van der Waals surface area contributed by atoms with E-state index >= 15 is 0 Å². The van der Waals surface area contributed by atoms with Crippen molar-refractivity contribution in [3.63, 3.8) is 0 Å². The van der Waals surface area contributed by atoms with Crippen molar-refractivity contribution in [3.8, 4) is 0 Å². The van der Waals surface area contributed by atoms with Crippen LogP contribution in [0.25, 0.3) is 0 Å². The van der Waals surface area contributed by atoms with Crippen molar-refractivity contribution in [1.82, 2.24) is 19.4 Å². The molecule has 1 N–H and O–H groups in total. The molecule has 0 unspecified atom stereocenters. The van der Waals surface area contributed by atoms with Crippen LogP contribution in [-0.2, 0) is 11.3 Å². The van der Waals surface area contributed by atoms with Crippen LogP contribution in [0, 0.1) is 12.8 Å². The second-order valence-corrected chi connectivity index (χ2v) is 7.71. The smallest absolute Gasteiger partial charge is 0.253 e. The van der Waals surface area contributed by atoms with Crippen LogP contribution in [0.1, 0.15) is 34.3 Å². The number of aryl methyl sites for hydroxylation is 1. The number of rotatable bonds is 5.